The van der Waals surface area contributed by atoms with Gasteiger partial charge in [-0.05, 0) is 48.6 Å². The summed E-state index contributed by atoms with van der Waals surface area (Å²) >= 11 is 0. The van der Waals surface area contributed by atoms with Crippen LogP contribution in [-0.4, -0.2) is 68.7 Å². The summed E-state index contributed by atoms with van der Waals surface area (Å²) in [5.41, 5.74) is 7.07. The number of methoxy groups -OCH3 is 1. The molecule has 38 heavy (non-hydrogen) atoms. The quantitative estimate of drug-likeness (QED) is 0.197. The lowest BCUT2D eigenvalue weighted by Crippen LogP contribution is -2.48. The van der Waals surface area contributed by atoms with E-state index < -0.39 is 28.2 Å². The van der Waals surface area contributed by atoms with E-state index in [-0.39, 0.29) is 29.9 Å². The molecule has 11 heteroatoms. The number of rotatable bonds is 15. The number of carbonyl (C=O) groups excluding carboxylic acids is 2. The summed E-state index contributed by atoms with van der Waals surface area (Å²) in [7, 11) is -2.60. The number of nitrogens with zero attached hydrogens (tertiary/aromatic N) is 1. The topological polar surface area (TPSA) is 151 Å². The zero-order chi connectivity index (χ0) is 28.1. The van der Waals surface area contributed by atoms with Crippen molar-refractivity contribution >= 4 is 27.7 Å². The molecular weight excluding hydrogens is 508 g/mol. The van der Waals surface area contributed by atoms with Crippen molar-refractivity contribution in [2.45, 2.75) is 56.5 Å². The summed E-state index contributed by atoms with van der Waals surface area (Å²) in [6, 6.07) is 13.9. The second kappa shape index (κ2) is 15.3. The highest BCUT2D eigenvalue weighted by molar-refractivity contribution is 7.89. The van der Waals surface area contributed by atoms with Gasteiger partial charge in [0.05, 0.1) is 18.6 Å². The molecule has 2 aromatic carbocycles. The monoisotopic (exact) mass is 548 g/mol. The van der Waals surface area contributed by atoms with Gasteiger partial charge in [0.25, 0.3) is 0 Å². The fraction of sp³-hybridized carbons (Fsp3) is 0.481. The summed E-state index contributed by atoms with van der Waals surface area (Å²) in [4.78, 5) is 24.6. The van der Waals surface area contributed by atoms with Gasteiger partial charge in [0, 0.05) is 31.2 Å². The van der Waals surface area contributed by atoms with Crippen molar-refractivity contribution in [1.29, 1.82) is 0 Å². The van der Waals surface area contributed by atoms with E-state index in [2.05, 4.69) is 15.4 Å². The molecule has 0 fully saturated rings. The van der Waals surface area contributed by atoms with Crippen LogP contribution in [0.15, 0.2) is 59.5 Å². The standard InChI is InChI=1S/C27H40N4O6S/c1-20(2)18-31(38(35,36)24-14-12-22(28)13-15-24)23(19-32)11-7-8-16-29-26(33)25(30-27(34)37-3)17-21-9-5-4-6-10-21/h4-6,9-10,12-15,20,23,25,32H,7-8,11,16-19,28H2,1-3H3,(H,29,33)(H,30,34)/t23-,25+/m0/s1. The molecule has 0 aliphatic rings. The first-order valence-corrected chi connectivity index (χ1v) is 14.2. The number of alkyl carbamates (subject to hydrolysis) is 1. The summed E-state index contributed by atoms with van der Waals surface area (Å²) in [6.07, 6.45) is 1.17. The van der Waals surface area contributed by atoms with Gasteiger partial charge in [-0.3, -0.25) is 4.79 Å². The van der Waals surface area contributed by atoms with Crippen LogP contribution >= 0.6 is 0 Å². The number of ether oxygens (including phenoxy) is 1. The molecule has 0 heterocycles. The molecule has 0 unspecified atom stereocenters. The lowest BCUT2D eigenvalue weighted by Gasteiger charge is -2.31. The summed E-state index contributed by atoms with van der Waals surface area (Å²) in [5, 5.41) is 15.5. The summed E-state index contributed by atoms with van der Waals surface area (Å²) < 4.78 is 32.7. The van der Waals surface area contributed by atoms with Gasteiger partial charge in [0.1, 0.15) is 6.04 Å². The fourth-order valence-electron chi connectivity index (χ4n) is 4.00. The van der Waals surface area contributed by atoms with E-state index in [0.717, 1.165) is 5.56 Å². The number of nitrogens with two attached hydrogens (primary N) is 1. The molecule has 0 aromatic heterocycles. The van der Waals surface area contributed by atoms with E-state index in [0.29, 0.717) is 37.9 Å². The molecule has 210 valence electrons. The number of hydrogen-bond acceptors (Lipinski definition) is 7. The minimum atomic E-state index is -3.84. The number of amides is 2. The number of aliphatic hydroxyl groups excluding tert-OH is 1. The maximum atomic E-state index is 13.4. The molecule has 2 atom stereocenters. The molecule has 5 N–H and O–H groups in total. The highest BCUT2D eigenvalue weighted by Crippen LogP contribution is 2.23. The smallest absolute Gasteiger partial charge is 0.407 e. The Morgan fingerprint density at radius 2 is 1.71 bits per heavy atom. The molecule has 0 saturated heterocycles. The Morgan fingerprint density at radius 3 is 2.29 bits per heavy atom. The molecule has 0 saturated carbocycles. The minimum Gasteiger partial charge on any atom is -0.453 e. The Hall–Kier alpha value is -3.15. The Balaban J connectivity index is 1.97. The van der Waals surface area contributed by atoms with Crippen molar-refractivity contribution in [1.82, 2.24) is 14.9 Å². The van der Waals surface area contributed by atoms with Crippen LogP contribution in [0.5, 0.6) is 0 Å². The largest absolute Gasteiger partial charge is 0.453 e. The lowest BCUT2D eigenvalue weighted by molar-refractivity contribution is -0.123. The van der Waals surface area contributed by atoms with Gasteiger partial charge >= 0.3 is 6.09 Å². The van der Waals surface area contributed by atoms with Crippen LogP contribution in [0.25, 0.3) is 0 Å². The van der Waals surface area contributed by atoms with Crippen LogP contribution in [0.4, 0.5) is 10.5 Å². The Bertz CT molecular complexity index is 1110. The summed E-state index contributed by atoms with van der Waals surface area (Å²) in [6.45, 7) is 4.11. The number of hydrogen-bond donors (Lipinski definition) is 4. The second-order valence-corrected chi connectivity index (χ2v) is 11.4. The molecule has 0 aliphatic carbocycles. The van der Waals surface area contributed by atoms with Gasteiger partial charge in [0.2, 0.25) is 15.9 Å². The van der Waals surface area contributed by atoms with E-state index in [1.807, 2.05) is 44.2 Å². The van der Waals surface area contributed by atoms with Crippen molar-refractivity contribution in [3.8, 4) is 0 Å². The maximum Gasteiger partial charge on any atom is 0.407 e. The van der Waals surface area contributed by atoms with Gasteiger partial charge in [-0.25, -0.2) is 13.2 Å². The van der Waals surface area contributed by atoms with Crippen LogP contribution in [-0.2, 0) is 26.0 Å². The van der Waals surface area contributed by atoms with Crippen LogP contribution in [0.2, 0.25) is 0 Å². The highest BCUT2D eigenvalue weighted by atomic mass is 32.2. The van der Waals surface area contributed by atoms with Gasteiger partial charge < -0.3 is 26.2 Å². The van der Waals surface area contributed by atoms with E-state index >= 15 is 0 Å². The van der Waals surface area contributed by atoms with Gasteiger partial charge in [-0.1, -0.05) is 50.6 Å². The van der Waals surface area contributed by atoms with Crippen molar-refractivity contribution < 1.29 is 27.9 Å². The molecule has 0 radical (unpaired) electrons. The van der Waals surface area contributed by atoms with Crippen LogP contribution in [0.1, 0.15) is 38.7 Å². The number of benzene rings is 2. The first kappa shape index (κ1) is 31.1. The number of nitrogen functional groups attached to an aromatic ring is 1. The SMILES string of the molecule is COC(=O)N[C@H](Cc1ccccc1)C(=O)NCCCC[C@@H](CO)N(CC(C)C)S(=O)(=O)c1ccc(N)cc1. The number of carbonyl (C=O) groups is 2. The zero-order valence-corrected chi connectivity index (χ0v) is 23.1. The Kier molecular flexibility index (Phi) is 12.5. The molecule has 2 amide bonds. The number of aliphatic hydroxyl groups is 1. The molecule has 0 aliphatic heterocycles. The van der Waals surface area contributed by atoms with Crippen molar-refractivity contribution in [2.24, 2.45) is 5.92 Å². The van der Waals surface area contributed by atoms with Crippen molar-refractivity contribution in [3.63, 3.8) is 0 Å². The van der Waals surface area contributed by atoms with Gasteiger partial charge in [0.15, 0.2) is 0 Å². The first-order valence-electron chi connectivity index (χ1n) is 12.7. The van der Waals surface area contributed by atoms with Crippen molar-refractivity contribution in [2.75, 3.05) is 32.5 Å². The third-order valence-electron chi connectivity index (χ3n) is 5.99. The number of sulfonamides is 1. The third kappa shape index (κ3) is 9.62. The van der Waals surface area contributed by atoms with E-state index in [1.54, 1.807) is 0 Å². The van der Waals surface area contributed by atoms with Gasteiger partial charge in [-0.15, -0.1) is 0 Å². The molecule has 10 nitrogen and oxygen atoms in total. The summed E-state index contributed by atoms with van der Waals surface area (Å²) in [5.74, 6) is -0.291. The van der Waals surface area contributed by atoms with E-state index in [1.165, 1.54) is 35.7 Å². The van der Waals surface area contributed by atoms with Crippen LogP contribution < -0.4 is 16.4 Å². The van der Waals surface area contributed by atoms with E-state index in [4.69, 9.17) is 5.73 Å². The lowest BCUT2D eigenvalue weighted by atomic mass is 10.1. The molecular formula is C27H40N4O6S. The molecule has 2 aromatic rings. The Morgan fingerprint density at radius 1 is 1.05 bits per heavy atom. The molecule has 2 rings (SSSR count). The average molecular weight is 549 g/mol. The number of unbranched alkanes of at least 4 members (excludes halogenated alkanes) is 1. The minimum absolute atomic E-state index is 0.0516. The van der Waals surface area contributed by atoms with E-state index in [9.17, 15) is 23.1 Å². The van der Waals surface area contributed by atoms with Crippen molar-refractivity contribution in [3.05, 3.63) is 60.2 Å². The number of nitrogens with one attached hydrogen (secondary N) is 2. The first-order chi connectivity index (χ1) is 18.1. The molecule has 0 bridgehead atoms. The predicted molar refractivity (Wildman–Crippen MR) is 147 cm³/mol. The molecule has 0 spiro atoms. The van der Waals surface area contributed by atoms with Crippen LogP contribution in [0.3, 0.4) is 0 Å². The van der Waals surface area contributed by atoms with Crippen LogP contribution in [0, 0.1) is 5.92 Å². The predicted octanol–water partition coefficient (Wildman–Crippen LogP) is 2.53. The number of anilines is 1. The second-order valence-electron chi connectivity index (χ2n) is 9.54. The Labute approximate surface area is 225 Å². The van der Waals surface area contributed by atoms with Gasteiger partial charge in [-0.2, -0.15) is 4.31 Å². The third-order valence-corrected chi connectivity index (χ3v) is 7.92. The zero-order valence-electron chi connectivity index (χ0n) is 22.3. The highest BCUT2D eigenvalue weighted by Gasteiger charge is 2.31. The maximum absolute atomic E-state index is 13.4. The normalized spacial score (nSPS) is 13.2. The average Bonchev–Trinajstić information content (AvgIpc) is 2.89. The fourth-order valence-corrected chi connectivity index (χ4v) is 5.81.